The van der Waals surface area contributed by atoms with Crippen LogP contribution in [-0.4, -0.2) is 12.2 Å². The molecule has 13 heavy (non-hydrogen) atoms. The molecule has 3 nitrogen and oxygen atoms in total. The zero-order chi connectivity index (χ0) is 9.68. The second-order valence-corrected chi connectivity index (χ2v) is 3.83. The molecule has 1 N–H and O–H groups in total. The Morgan fingerprint density at radius 1 is 1.69 bits per heavy atom. The van der Waals surface area contributed by atoms with Crippen LogP contribution in [0, 0.1) is 0 Å². The minimum atomic E-state index is 0.703. The molecule has 0 saturated carbocycles. The van der Waals surface area contributed by atoms with Gasteiger partial charge in [0.25, 0.3) is 12.2 Å². The number of amides is 1. The Morgan fingerprint density at radius 3 is 3.08 bits per heavy atom. The third-order valence-electron chi connectivity index (χ3n) is 1.64. The minimum Gasteiger partial charge on any atom is -0.251 e. The Morgan fingerprint density at radius 2 is 2.46 bits per heavy atom. The lowest BCUT2D eigenvalue weighted by Gasteiger charge is -2.03. The van der Waals surface area contributed by atoms with Gasteiger partial charge in [-0.1, -0.05) is 6.92 Å². The van der Waals surface area contributed by atoms with Crippen molar-refractivity contribution < 1.29 is 9.36 Å². The molecule has 0 spiro atoms. The number of carbonyl (C=O) groups is 1. The van der Waals surface area contributed by atoms with E-state index in [-0.39, 0.29) is 0 Å². The number of aromatic nitrogens is 1. The van der Waals surface area contributed by atoms with Crippen molar-refractivity contribution in [1.82, 2.24) is 0 Å². The van der Waals surface area contributed by atoms with Crippen LogP contribution in [0.1, 0.15) is 6.92 Å². The molecule has 0 fully saturated rings. The number of aryl methyl sites for hydroxylation is 1. The number of carbonyl (C=O) groups excluding carboxylic acids is 1. The lowest BCUT2D eigenvalue weighted by atomic mass is 10.4. The average molecular weight is 197 g/mol. The fraction of sp³-hybridized carbons (Fsp3) is 0.333. The lowest BCUT2D eigenvalue weighted by Crippen LogP contribution is -2.32. The maximum atomic E-state index is 10.3. The second kappa shape index (κ2) is 4.87. The largest absolute Gasteiger partial charge is 0.295 e. The smallest absolute Gasteiger partial charge is 0.251 e. The highest BCUT2D eigenvalue weighted by Gasteiger charge is 2.10. The first kappa shape index (κ1) is 10.1. The summed E-state index contributed by atoms with van der Waals surface area (Å²) >= 11 is 1.71. The molecule has 1 aromatic heterocycles. The molecule has 0 saturated heterocycles. The Kier molecular flexibility index (Phi) is 3.76. The second-order valence-electron chi connectivity index (χ2n) is 2.53. The number of nitrogens with zero attached hydrogens (tertiary/aromatic N) is 1. The minimum absolute atomic E-state index is 0.703. The van der Waals surface area contributed by atoms with Crippen molar-refractivity contribution in [2.75, 3.05) is 11.1 Å². The summed E-state index contributed by atoms with van der Waals surface area (Å²) in [7, 11) is 1.91. The molecular formula is C9H13N2OS+. The van der Waals surface area contributed by atoms with Gasteiger partial charge < -0.3 is 0 Å². The fourth-order valence-corrected chi connectivity index (χ4v) is 1.91. The molecule has 0 bridgehead atoms. The van der Waals surface area contributed by atoms with Crippen molar-refractivity contribution in [2.24, 2.45) is 7.05 Å². The molecule has 0 aliphatic heterocycles. The maximum Gasteiger partial charge on any atom is 0.295 e. The predicted molar refractivity (Wildman–Crippen MR) is 53.7 cm³/mol. The fourth-order valence-electron chi connectivity index (χ4n) is 1.09. The monoisotopic (exact) mass is 197 g/mol. The van der Waals surface area contributed by atoms with Crippen molar-refractivity contribution in [1.29, 1.82) is 0 Å². The molecule has 1 heterocycles. The van der Waals surface area contributed by atoms with E-state index in [9.17, 15) is 4.79 Å². The van der Waals surface area contributed by atoms with E-state index >= 15 is 0 Å². The molecule has 0 unspecified atom stereocenters. The SMILES string of the molecule is CCSc1ccc[n+](C)c1NC=O. The van der Waals surface area contributed by atoms with Crippen LogP contribution in [0.5, 0.6) is 0 Å². The summed E-state index contributed by atoms with van der Waals surface area (Å²) in [5.41, 5.74) is 0. The molecule has 0 aliphatic carbocycles. The van der Waals surface area contributed by atoms with E-state index in [4.69, 9.17) is 0 Å². The summed E-state index contributed by atoms with van der Waals surface area (Å²) < 4.78 is 1.90. The van der Waals surface area contributed by atoms with Crippen LogP contribution in [0.15, 0.2) is 23.2 Å². The predicted octanol–water partition coefficient (Wildman–Crippen LogP) is 1.19. The van der Waals surface area contributed by atoms with Gasteiger partial charge in [-0.05, 0) is 17.9 Å². The molecule has 4 heteroatoms. The number of nitrogens with one attached hydrogen (secondary N) is 1. The molecule has 0 aromatic carbocycles. The van der Waals surface area contributed by atoms with Gasteiger partial charge in [0.1, 0.15) is 0 Å². The summed E-state index contributed by atoms with van der Waals surface area (Å²) in [6.45, 7) is 2.09. The van der Waals surface area contributed by atoms with Gasteiger partial charge >= 0.3 is 0 Å². The van der Waals surface area contributed by atoms with Crippen LogP contribution in [0.3, 0.4) is 0 Å². The van der Waals surface area contributed by atoms with Gasteiger partial charge in [0.2, 0.25) is 0 Å². The van der Waals surface area contributed by atoms with E-state index in [1.54, 1.807) is 11.8 Å². The van der Waals surface area contributed by atoms with Crippen LogP contribution in [0.4, 0.5) is 5.82 Å². The van der Waals surface area contributed by atoms with E-state index in [1.165, 1.54) is 0 Å². The first-order valence-corrected chi connectivity index (χ1v) is 5.09. The van der Waals surface area contributed by atoms with Crippen molar-refractivity contribution in [2.45, 2.75) is 11.8 Å². The van der Waals surface area contributed by atoms with Crippen molar-refractivity contribution in [3.05, 3.63) is 18.3 Å². The zero-order valence-corrected chi connectivity index (χ0v) is 8.60. The summed E-state index contributed by atoms with van der Waals surface area (Å²) in [5, 5.41) is 2.69. The van der Waals surface area contributed by atoms with Gasteiger partial charge in [0.05, 0.1) is 18.1 Å². The Bertz CT molecular complexity index is 302. The van der Waals surface area contributed by atoms with E-state index in [2.05, 4.69) is 12.2 Å². The van der Waals surface area contributed by atoms with E-state index in [1.807, 2.05) is 29.9 Å². The van der Waals surface area contributed by atoms with Gasteiger partial charge in [0.15, 0.2) is 0 Å². The van der Waals surface area contributed by atoms with Crippen molar-refractivity contribution >= 4 is 24.0 Å². The normalized spacial score (nSPS) is 9.69. The van der Waals surface area contributed by atoms with Gasteiger partial charge in [-0.15, -0.1) is 11.8 Å². The number of hydrogen-bond acceptors (Lipinski definition) is 2. The highest BCUT2D eigenvalue weighted by atomic mass is 32.2. The third-order valence-corrected chi connectivity index (χ3v) is 2.57. The summed E-state index contributed by atoms with van der Waals surface area (Å²) in [4.78, 5) is 11.4. The van der Waals surface area contributed by atoms with E-state index < -0.39 is 0 Å². The molecule has 1 rings (SSSR count). The molecule has 0 atom stereocenters. The van der Waals surface area contributed by atoms with Crippen molar-refractivity contribution in [3.8, 4) is 0 Å². The molecule has 0 aliphatic rings. The molecule has 0 radical (unpaired) electrons. The molecule has 70 valence electrons. The highest BCUT2D eigenvalue weighted by Crippen LogP contribution is 2.22. The summed E-state index contributed by atoms with van der Waals surface area (Å²) in [6, 6.07) is 3.97. The zero-order valence-electron chi connectivity index (χ0n) is 7.78. The van der Waals surface area contributed by atoms with E-state index in [0.717, 1.165) is 16.5 Å². The molecule has 1 amide bonds. The van der Waals surface area contributed by atoms with Gasteiger partial charge in [-0.3, -0.25) is 4.79 Å². The first-order chi connectivity index (χ1) is 6.29. The van der Waals surface area contributed by atoms with Gasteiger partial charge in [-0.2, -0.15) is 0 Å². The number of rotatable bonds is 4. The highest BCUT2D eigenvalue weighted by molar-refractivity contribution is 7.99. The van der Waals surface area contributed by atoms with Crippen molar-refractivity contribution in [3.63, 3.8) is 0 Å². The quantitative estimate of drug-likeness (QED) is 0.447. The Balaban J connectivity index is 3.01. The summed E-state index contributed by atoms with van der Waals surface area (Å²) in [6.07, 6.45) is 2.61. The van der Waals surface area contributed by atoms with Gasteiger partial charge in [-0.25, -0.2) is 9.88 Å². The van der Waals surface area contributed by atoms with E-state index in [0.29, 0.717) is 6.41 Å². The van der Waals surface area contributed by atoms with Crippen LogP contribution < -0.4 is 9.88 Å². The number of pyridine rings is 1. The van der Waals surface area contributed by atoms with Crippen LogP contribution >= 0.6 is 11.8 Å². The molecular weight excluding hydrogens is 184 g/mol. The average Bonchev–Trinajstić information content (AvgIpc) is 2.11. The summed E-state index contributed by atoms with van der Waals surface area (Å²) in [5.74, 6) is 1.85. The Labute approximate surface area is 82.2 Å². The standard InChI is InChI=1S/C9H12N2OS/c1-3-13-8-5-4-6-11(2)9(8)10-7-12/h4-7H,3H2,1-2H3/p+1. The third kappa shape index (κ3) is 2.45. The topological polar surface area (TPSA) is 33.0 Å². The molecule has 1 aromatic rings. The first-order valence-electron chi connectivity index (χ1n) is 4.11. The number of anilines is 1. The van der Waals surface area contributed by atoms with Crippen LogP contribution in [-0.2, 0) is 11.8 Å². The lowest BCUT2D eigenvalue weighted by molar-refractivity contribution is -0.658. The number of hydrogen-bond donors (Lipinski definition) is 1. The van der Waals surface area contributed by atoms with Crippen LogP contribution in [0.25, 0.3) is 0 Å². The number of thioether (sulfide) groups is 1. The Hall–Kier alpha value is -1.03. The van der Waals surface area contributed by atoms with Crippen LogP contribution in [0.2, 0.25) is 0 Å². The maximum absolute atomic E-state index is 10.3. The van der Waals surface area contributed by atoms with Gasteiger partial charge in [0, 0.05) is 0 Å².